The van der Waals surface area contributed by atoms with Crippen molar-refractivity contribution in [2.75, 3.05) is 11.6 Å². The van der Waals surface area contributed by atoms with Crippen LogP contribution in [0.3, 0.4) is 0 Å². The second kappa shape index (κ2) is 8.62. The summed E-state index contributed by atoms with van der Waals surface area (Å²) in [6.45, 7) is 10.00. The van der Waals surface area contributed by atoms with E-state index in [-0.39, 0.29) is 40.2 Å². The second-order valence-electron chi connectivity index (χ2n) is 10.4. The van der Waals surface area contributed by atoms with Gasteiger partial charge in [-0.15, -0.1) is 11.8 Å². The molecule has 1 unspecified atom stereocenters. The molecule has 178 valence electrons. The highest BCUT2D eigenvalue weighted by Gasteiger charge is 2.38. The minimum absolute atomic E-state index is 0.108. The number of aromatic nitrogens is 3. The van der Waals surface area contributed by atoms with Crippen LogP contribution in [0.5, 0.6) is 0 Å². The number of carbonyl (C=O) groups excluding carboxylic acids is 2. The molecule has 33 heavy (non-hydrogen) atoms. The SMILES string of the molecule is CC(C)Cn1c(=O)[nH]c(=O)c2c(C(=O)N3CSCC3C(=O)NC(C)(C)C)cc(C3CC3)nc21. The quantitative estimate of drug-likeness (QED) is 0.686. The van der Waals surface area contributed by atoms with Gasteiger partial charge in [-0.3, -0.25) is 23.9 Å². The zero-order valence-corrected chi connectivity index (χ0v) is 20.5. The number of nitrogens with zero attached hydrogens (tertiary/aromatic N) is 3. The number of nitrogens with one attached hydrogen (secondary N) is 2. The van der Waals surface area contributed by atoms with Crippen molar-refractivity contribution >= 4 is 34.6 Å². The maximum Gasteiger partial charge on any atom is 0.330 e. The predicted octanol–water partition coefficient (Wildman–Crippen LogP) is 2.05. The Kier molecular flexibility index (Phi) is 6.15. The molecule has 0 bridgehead atoms. The lowest BCUT2D eigenvalue weighted by Crippen LogP contribution is -2.52. The fourth-order valence-corrected chi connectivity index (χ4v) is 5.21. The fourth-order valence-electron chi connectivity index (χ4n) is 4.05. The molecule has 1 saturated heterocycles. The zero-order valence-electron chi connectivity index (χ0n) is 19.7. The van der Waals surface area contributed by atoms with Gasteiger partial charge in [-0.1, -0.05) is 13.8 Å². The van der Waals surface area contributed by atoms with Crippen molar-refractivity contribution in [1.29, 1.82) is 0 Å². The minimum atomic E-state index is -0.630. The molecule has 1 aliphatic heterocycles. The number of rotatable bonds is 5. The largest absolute Gasteiger partial charge is 0.350 e. The molecule has 2 amide bonds. The Labute approximate surface area is 196 Å². The first kappa shape index (κ1) is 23.5. The van der Waals surface area contributed by atoms with Gasteiger partial charge in [-0.05, 0) is 45.6 Å². The molecule has 9 nitrogen and oxygen atoms in total. The fraction of sp³-hybridized carbons (Fsp3) is 0.609. The summed E-state index contributed by atoms with van der Waals surface area (Å²) in [5.41, 5.74) is -0.415. The lowest BCUT2D eigenvalue weighted by atomic mass is 10.1. The summed E-state index contributed by atoms with van der Waals surface area (Å²) in [4.78, 5) is 60.8. The van der Waals surface area contributed by atoms with Gasteiger partial charge in [0.15, 0.2) is 5.65 Å². The minimum Gasteiger partial charge on any atom is -0.350 e. The lowest BCUT2D eigenvalue weighted by molar-refractivity contribution is -0.125. The van der Waals surface area contributed by atoms with Crippen LogP contribution in [0.15, 0.2) is 15.7 Å². The first-order valence-corrected chi connectivity index (χ1v) is 12.5. The van der Waals surface area contributed by atoms with Crippen LogP contribution in [0, 0.1) is 5.92 Å². The van der Waals surface area contributed by atoms with E-state index in [4.69, 9.17) is 0 Å². The molecule has 4 rings (SSSR count). The summed E-state index contributed by atoms with van der Waals surface area (Å²) < 4.78 is 1.45. The molecule has 1 atom stereocenters. The zero-order chi connectivity index (χ0) is 24.1. The van der Waals surface area contributed by atoms with E-state index in [1.54, 1.807) is 6.07 Å². The van der Waals surface area contributed by atoms with E-state index in [1.807, 2.05) is 34.6 Å². The van der Waals surface area contributed by atoms with Crippen molar-refractivity contribution in [2.24, 2.45) is 5.92 Å². The number of carbonyl (C=O) groups is 2. The predicted molar refractivity (Wildman–Crippen MR) is 129 cm³/mol. The van der Waals surface area contributed by atoms with Crippen LogP contribution < -0.4 is 16.6 Å². The molecule has 1 aliphatic carbocycles. The van der Waals surface area contributed by atoms with Crippen molar-refractivity contribution in [3.05, 3.63) is 38.2 Å². The highest BCUT2D eigenvalue weighted by Crippen LogP contribution is 2.40. The smallest absolute Gasteiger partial charge is 0.330 e. The van der Waals surface area contributed by atoms with Crippen LogP contribution in [0.25, 0.3) is 11.0 Å². The highest BCUT2D eigenvalue weighted by molar-refractivity contribution is 7.99. The van der Waals surface area contributed by atoms with E-state index in [1.165, 1.54) is 21.2 Å². The molecule has 2 fully saturated rings. The van der Waals surface area contributed by atoms with Crippen molar-refractivity contribution in [3.8, 4) is 0 Å². The number of hydrogen-bond acceptors (Lipinski definition) is 6. The van der Waals surface area contributed by atoms with E-state index in [9.17, 15) is 19.2 Å². The van der Waals surface area contributed by atoms with Gasteiger partial charge >= 0.3 is 5.69 Å². The van der Waals surface area contributed by atoms with Crippen molar-refractivity contribution in [1.82, 2.24) is 24.8 Å². The molecule has 2 N–H and O–H groups in total. The first-order valence-electron chi connectivity index (χ1n) is 11.3. The average molecular weight is 474 g/mol. The van der Waals surface area contributed by atoms with Gasteiger partial charge in [-0.25, -0.2) is 9.78 Å². The Morgan fingerprint density at radius 2 is 1.97 bits per heavy atom. The second-order valence-corrected chi connectivity index (χ2v) is 11.4. The standard InChI is InChI=1S/C23H31N5O4S/c1-12(2)9-27-18-17(20(30)25-22(27)32)14(8-15(24-18)13-6-7-13)21(31)28-11-33-10-16(28)19(29)26-23(3,4)5/h8,12-13,16H,6-7,9-11H2,1-5H3,(H,26,29)(H,25,30,32). The van der Waals surface area contributed by atoms with E-state index < -0.39 is 22.8 Å². The molecule has 0 spiro atoms. The van der Waals surface area contributed by atoms with Gasteiger partial charge in [0.1, 0.15) is 6.04 Å². The summed E-state index contributed by atoms with van der Waals surface area (Å²) in [5, 5.41) is 3.06. The summed E-state index contributed by atoms with van der Waals surface area (Å²) in [6, 6.07) is 1.05. The van der Waals surface area contributed by atoms with Gasteiger partial charge in [0, 0.05) is 29.4 Å². The third-order valence-electron chi connectivity index (χ3n) is 5.69. The maximum absolute atomic E-state index is 13.8. The number of pyridine rings is 1. The summed E-state index contributed by atoms with van der Waals surface area (Å²) in [6.07, 6.45) is 1.92. The Hall–Kier alpha value is -2.62. The highest BCUT2D eigenvalue weighted by atomic mass is 32.2. The Balaban J connectivity index is 1.84. The van der Waals surface area contributed by atoms with E-state index in [0.29, 0.717) is 18.2 Å². The molecular formula is C23H31N5O4S. The molecule has 2 aliphatic rings. The van der Waals surface area contributed by atoms with Crippen LogP contribution in [0.1, 0.15) is 69.4 Å². The molecule has 3 heterocycles. The maximum atomic E-state index is 13.8. The van der Waals surface area contributed by atoms with Gasteiger partial charge in [0.05, 0.1) is 16.8 Å². The number of hydrogen-bond donors (Lipinski definition) is 2. The number of aromatic amines is 1. The molecule has 10 heteroatoms. The van der Waals surface area contributed by atoms with Crippen LogP contribution in [0.4, 0.5) is 0 Å². The summed E-state index contributed by atoms with van der Waals surface area (Å²) in [5.74, 6) is 0.600. The number of H-pyrrole nitrogens is 1. The van der Waals surface area contributed by atoms with E-state index in [2.05, 4.69) is 15.3 Å². The topological polar surface area (TPSA) is 117 Å². The van der Waals surface area contributed by atoms with Gasteiger partial charge in [0.25, 0.3) is 11.5 Å². The third-order valence-corrected chi connectivity index (χ3v) is 6.70. The van der Waals surface area contributed by atoms with Crippen LogP contribution in [-0.2, 0) is 11.3 Å². The summed E-state index contributed by atoms with van der Waals surface area (Å²) in [7, 11) is 0. The molecule has 0 aromatic carbocycles. The normalized spacial score (nSPS) is 18.8. The van der Waals surface area contributed by atoms with E-state index >= 15 is 0 Å². The van der Waals surface area contributed by atoms with Gasteiger partial charge < -0.3 is 10.2 Å². The molecule has 0 radical (unpaired) electrons. The van der Waals surface area contributed by atoms with Crippen molar-refractivity contribution < 1.29 is 9.59 Å². The van der Waals surface area contributed by atoms with Crippen molar-refractivity contribution in [3.63, 3.8) is 0 Å². The molecule has 2 aromatic heterocycles. The number of amides is 2. The monoisotopic (exact) mass is 473 g/mol. The summed E-state index contributed by atoms with van der Waals surface area (Å²) >= 11 is 1.50. The Morgan fingerprint density at radius 3 is 2.58 bits per heavy atom. The van der Waals surface area contributed by atoms with Crippen LogP contribution in [0.2, 0.25) is 0 Å². The molecule has 1 saturated carbocycles. The third kappa shape index (κ3) is 4.85. The van der Waals surface area contributed by atoms with Gasteiger partial charge in [-0.2, -0.15) is 0 Å². The van der Waals surface area contributed by atoms with Gasteiger partial charge in [0.2, 0.25) is 5.91 Å². The average Bonchev–Trinajstić information content (AvgIpc) is 3.44. The Bertz CT molecular complexity index is 1220. The van der Waals surface area contributed by atoms with Crippen LogP contribution >= 0.6 is 11.8 Å². The molecule has 2 aromatic rings. The first-order chi connectivity index (χ1) is 15.5. The number of thioether (sulfide) groups is 1. The van der Waals surface area contributed by atoms with E-state index in [0.717, 1.165) is 18.5 Å². The molecular weight excluding hydrogens is 442 g/mol. The lowest BCUT2D eigenvalue weighted by Gasteiger charge is -2.28. The Morgan fingerprint density at radius 1 is 1.27 bits per heavy atom. The number of fused-ring (bicyclic) bond motifs is 1. The van der Waals surface area contributed by atoms with Crippen LogP contribution in [-0.4, -0.2) is 54.5 Å². The van der Waals surface area contributed by atoms with Crippen molar-refractivity contribution in [2.45, 2.75) is 71.5 Å².